The highest BCUT2D eigenvalue weighted by Gasteiger charge is 2.32. The Kier molecular flexibility index (Phi) is 4.28. The van der Waals surface area contributed by atoms with Crippen molar-refractivity contribution < 1.29 is 14.7 Å². The van der Waals surface area contributed by atoms with Crippen LogP contribution in [0.5, 0.6) is 0 Å². The monoisotopic (exact) mass is 248 g/mol. The Morgan fingerprint density at radius 2 is 1.67 bits per heavy atom. The lowest BCUT2D eigenvalue weighted by Gasteiger charge is -2.27. The zero-order valence-corrected chi connectivity index (χ0v) is 11.4. The lowest BCUT2D eigenvalue weighted by atomic mass is 9.76. The van der Waals surface area contributed by atoms with Gasteiger partial charge >= 0.3 is 5.97 Å². The molecule has 1 aromatic carbocycles. The third-order valence-electron chi connectivity index (χ3n) is 3.00. The van der Waals surface area contributed by atoms with E-state index in [1.54, 1.807) is 24.3 Å². The Bertz CT molecular complexity index is 438. The molecule has 1 atom stereocenters. The Hall–Kier alpha value is -1.64. The minimum atomic E-state index is -0.836. The minimum Gasteiger partial charge on any atom is -0.481 e. The van der Waals surface area contributed by atoms with E-state index in [1.807, 2.05) is 27.7 Å². The average Bonchev–Trinajstić information content (AvgIpc) is 2.26. The lowest BCUT2D eigenvalue weighted by molar-refractivity contribution is -0.141. The van der Waals surface area contributed by atoms with Crippen LogP contribution in [0.25, 0.3) is 0 Å². The van der Waals surface area contributed by atoms with E-state index in [1.165, 1.54) is 0 Å². The third-order valence-corrected chi connectivity index (χ3v) is 3.00. The van der Waals surface area contributed by atoms with E-state index in [0.717, 1.165) is 5.56 Å². The largest absolute Gasteiger partial charge is 0.481 e. The molecule has 0 aliphatic rings. The fraction of sp³-hybridized carbons (Fsp3) is 0.467. The number of rotatable bonds is 4. The minimum absolute atomic E-state index is 0.0733. The number of carboxylic acid groups (broad SMARTS) is 1. The van der Waals surface area contributed by atoms with Crippen molar-refractivity contribution in [3.8, 4) is 0 Å². The van der Waals surface area contributed by atoms with Crippen molar-refractivity contribution in [2.24, 2.45) is 5.41 Å². The molecule has 1 unspecified atom stereocenters. The summed E-state index contributed by atoms with van der Waals surface area (Å²) in [5, 5.41) is 9.32. The molecule has 0 saturated carbocycles. The molecule has 0 radical (unpaired) electrons. The van der Waals surface area contributed by atoms with E-state index >= 15 is 0 Å². The summed E-state index contributed by atoms with van der Waals surface area (Å²) in [5.41, 5.74) is 1.02. The van der Waals surface area contributed by atoms with Gasteiger partial charge in [-0.2, -0.15) is 0 Å². The van der Waals surface area contributed by atoms with Crippen molar-refractivity contribution in [3.05, 3.63) is 35.4 Å². The summed E-state index contributed by atoms with van der Waals surface area (Å²) in [7, 11) is 0. The highest BCUT2D eigenvalue weighted by molar-refractivity contribution is 5.95. The zero-order valence-electron chi connectivity index (χ0n) is 11.4. The first kappa shape index (κ1) is 14.4. The van der Waals surface area contributed by atoms with Crippen LogP contribution in [-0.2, 0) is 4.79 Å². The van der Waals surface area contributed by atoms with Gasteiger partial charge in [-0.05, 0) is 11.0 Å². The van der Waals surface area contributed by atoms with Crippen molar-refractivity contribution in [1.82, 2.24) is 0 Å². The SMILES string of the molecule is CCC(=O)c1ccc(C(C(=O)O)C(C)(C)C)cc1. The maximum atomic E-state index is 11.5. The standard InChI is InChI=1S/C15H20O3/c1-5-12(16)10-6-8-11(9-7-10)13(14(17)18)15(2,3)4/h6-9,13H,5H2,1-4H3,(H,17,18). The third kappa shape index (κ3) is 3.19. The Morgan fingerprint density at radius 3 is 2.00 bits per heavy atom. The second kappa shape index (κ2) is 5.34. The maximum absolute atomic E-state index is 11.5. The van der Waals surface area contributed by atoms with E-state index in [9.17, 15) is 14.7 Å². The molecule has 98 valence electrons. The smallest absolute Gasteiger partial charge is 0.311 e. The van der Waals surface area contributed by atoms with E-state index in [2.05, 4.69) is 0 Å². The summed E-state index contributed by atoms with van der Waals surface area (Å²) in [4.78, 5) is 22.9. The molecule has 0 spiro atoms. The van der Waals surface area contributed by atoms with Crippen LogP contribution in [0.1, 0.15) is 56.0 Å². The molecule has 0 bridgehead atoms. The predicted octanol–water partition coefficient (Wildman–Crippen LogP) is 3.49. The van der Waals surface area contributed by atoms with Crippen molar-refractivity contribution in [2.45, 2.75) is 40.0 Å². The van der Waals surface area contributed by atoms with Gasteiger partial charge in [-0.15, -0.1) is 0 Å². The van der Waals surface area contributed by atoms with Gasteiger partial charge in [0.15, 0.2) is 5.78 Å². The highest BCUT2D eigenvalue weighted by atomic mass is 16.4. The number of carbonyl (C=O) groups excluding carboxylic acids is 1. The molecule has 18 heavy (non-hydrogen) atoms. The highest BCUT2D eigenvalue weighted by Crippen LogP contribution is 2.35. The first-order valence-corrected chi connectivity index (χ1v) is 6.13. The fourth-order valence-electron chi connectivity index (χ4n) is 2.08. The number of aliphatic carboxylic acids is 1. The molecule has 0 heterocycles. The molecule has 0 aliphatic carbocycles. The van der Waals surface area contributed by atoms with Crippen LogP contribution in [0.4, 0.5) is 0 Å². The fourth-order valence-corrected chi connectivity index (χ4v) is 2.08. The van der Waals surface area contributed by atoms with Crippen LogP contribution in [0.2, 0.25) is 0 Å². The van der Waals surface area contributed by atoms with Crippen LogP contribution < -0.4 is 0 Å². The average molecular weight is 248 g/mol. The quantitative estimate of drug-likeness (QED) is 0.830. The van der Waals surface area contributed by atoms with E-state index in [4.69, 9.17) is 0 Å². The number of ketones is 1. The normalized spacial score (nSPS) is 13.1. The number of carboxylic acids is 1. The van der Waals surface area contributed by atoms with E-state index in [-0.39, 0.29) is 11.2 Å². The van der Waals surface area contributed by atoms with E-state index < -0.39 is 11.9 Å². The Labute approximate surface area is 108 Å². The number of Topliss-reactive ketones (excluding diaryl/α,β-unsaturated/α-hetero) is 1. The zero-order chi connectivity index (χ0) is 13.9. The molecule has 0 amide bonds. The molecule has 1 aromatic rings. The van der Waals surface area contributed by atoms with Gasteiger partial charge in [-0.25, -0.2) is 0 Å². The number of carbonyl (C=O) groups is 2. The summed E-state index contributed by atoms with van der Waals surface area (Å²) < 4.78 is 0. The van der Waals surface area contributed by atoms with Gasteiger partial charge in [-0.1, -0.05) is 52.0 Å². The van der Waals surface area contributed by atoms with Crippen molar-refractivity contribution in [2.75, 3.05) is 0 Å². The molecule has 0 aromatic heterocycles. The van der Waals surface area contributed by atoms with Crippen molar-refractivity contribution in [1.29, 1.82) is 0 Å². The molecular formula is C15H20O3. The van der Waals surface area contributed by atoms with Gasteiger partial charge in [0.2, 0.25) is 0 Å². The Balaban J connectivity index is 3.09. The van der Waals surface area contributed by atoms with Crippen LogP contribution in [-0.4, -0.2) is 16.9 Å². The number of hydrogen-bond donors (Lipinski definition) is 1. The second-order valence-corrected chi connectivity index (χ2v) is 5.54. The first-order valence-electron chi connectivity index (χ1n) is 6.13. The van der Waals surface area contributed by atoms with Gasteiger partial charge in [0.1, 0.15) is 0 Å². The molecule has 0 aliphatic heterocycles. The summed E-state index contributed by atoms with van der Waals surface area (Å²) in [6.07, 6.45) is 0.459. The van der Waals surface area contributed by atoms with E-state index in [0.29, 0.717) is 12.0 Å². The first-order chi connectivity index (χ1) is 8.27. The van der Waals surface area contributed by atoms with Gasteiger partial charge in [0.25, 0.3) is 0 Å². The summed E-state index contributed by atoms with van der Waals surface area (Å²) in [5.74, 6) is -1.33. The van der Waals surface area contributed by atoms with Crippen molar-refractivity contribution in [3.63, 3.8) is 0 Å². The van der Waals surface area contributed by atoms with Crippen LogP contribution in [0.3, 0.4) is 0 Å². The van der Waals surface area contributed by atoms with Gasteiger partial charge in [0.05, 0.1) is 5.92 Å². The van der Waals surface area contributed by atoms with Gasteiger partial charge in [-0.3, -0.25) is 9.59 Å². The van der Waals surface area contributed by atoms with Gasteiger partial charge in [0, 0.05) is 12.0 Å². The van der Waals surface area contributed by atoms with Crippen LogP contribution in [0.15, 0.2) is 24.3 Å². The van der Waals surface area contributed by atoms with Crippen LogP contribution >= 0.6 is 0 Å². The summed E-state index contributed by atoms with van der Waals surface area (Å²) >= 11 is 0. The predicted molar refractivity (Wildman–Crippen MR) is 70.9 cm³/mol. The van der Waals surface area contributed by atoms with Gasteiger partial charge < -0.3 is 5.11 Å². The Morgan fingerprint density at radius 1 is 1.17 bits per heavy atom. The maximum Gasteiger partial charge on any atom is 0.311 e. The molecular weight excluding hydrogens is 228 g/mol. The molecule has 3 nitrogen and oxygen atoms in total. The second-order valence-electron chi connectivity index (χ2n) is 5.54. The van der Waals surface area contributed by atoms with Crippen molar-refractivity contribution >= 4 is 11.8 Å². The molecule has 1 rings (SSSR count). The summed E-state index contributed by atoms with van der Waals surface area (Å²) in [6, 6.07) is 6.91. The molecule has 1 N–H and O–H groups in total. The van der Waals surface area contributed by atoms with Crippen LogP contribution in [0, 0.1) is 5.41 Å². The molecule has 3 heteroatoms. The topological polar surface area (TPSA) is 54.4 Å². The molecule has 0 saturated heterocycles. The summed E-state index contributed by atoms with van der Waals surface area (Å²) in [6.45, 7) is 7.51. The number of hydrogen-bond acceptors (Lipinski definition) is 2. The molecule has 0 fully saturated rings. The number of benzene rings is 1. The lowest BCUT2D eigenvalue weighted by Crippen LogP contribution is -2.26.